The fourth-order valence-corrected chi connectivity index (χ4v) is 8.10. The lowest BCUT2D eigenvalue weighted by molar-refractivity contribution is -0.0403. The Morgan fingerprint density at radius 1 is 1.07 bits per heavy atom. The van der Waals surface area contributed by atoms with Crippen LogP contribution in [-0.2, 0) is 4.74 Å². The van der Waals surface area contributed by atoms with Crippen molar-refractivity contribution in [1.29, 1.82) is 0 Å². The zero-order valence-corrected chi connectivity index (χ0v) is 27.1. The molecule has 0 spiro atoms. The first-order chi connectivity index (χ1) is 19.9. The highest BCUT2D eigenvalue weighted by Crippen LogP contribution is 2.49. The van der Waals surface area contributed by atoms with E-state index in [9.17, 15) is 4.79 Å². The van der Waals surface area contributed by atoms with Gasteiger partial charge in [-0.05, 0) is 97.6 Å². The van der Waals surface area contributed by atoms with Crippen molar-refractivity contribution >= 4 is 35.2 Å². The van der Waals surface area contributed by atoms with Crippen molar-refractivity contribution in [3.63, 3.8) is 0 Å². The summed E-state index contributed by atoms with van der Waals surface area (Å²) in [4.78, 5) is 32.6. The van der Waals surface area contributed by atoms with Crippen LogP contribution in [0.4, 0.5) is 22.1 Å². The Bertz CT molecular complexity index is 1330. The topological polar surface area (TPSA) is 74.3 Å². The van der Waals surface area contributed by atoms with Crippen molar-refractivity contribution in [1.82, 2.24) is 19.8 Å². The maximum Gasteiger partial charge on any atom is 0.420 e. The van der Waals surface area contributed by atoms with E-state index in [2.05, 4.69) is 47.7 Å². The van der Waals surface area contributed by atoms with Crippen LogP contribution in [0.15, 0.2) is 18.5 Å². The SMILES string of the molecule is Cc1cc(C2CCN(C3(C)CN(C)C3)CC2)cc2c1OC(C)c1c(N3CCSCC3)ncnc1N2C(=O)OC(C)(C)C. The Morgan fingerprint density at radius 2 is 1.74 bits per heavy atom. The van der Waals surface area contributed by atoms with Crippen molar-refractivity contribution in [2.24, 2.45) is 0 Å². The minimum atomic E-state index is -0.665. The van der Waals surface area contributed by atoms with Crippen molar-refractivity contribution in [3.05, 3.63) is 35.2 Å². The van der Waals surface area contributed by atoms with Crippen LogP contribution in [0.1, 0.15) is 76.2 Å². The number of likely N-dealkylation sites (tertiary alicyclic amines) is 2. The summed E-state index contributed by atoms with van der Waals surface area (Å²) in [6.07, 6.45) is 2.98. The van der Waals surface area contributed by atoms with E-state index in [1.165, 1.54) is 5.56 Å². The minimum absolute atomic E-state index is 0.287. The normalized spacial score (nSPS) is 23.4. The number of rotatable bonds is 3. The lowest BCUT2D eigenvalue weighted by Crippen LogP contribution is -2.68. The number of hydrogen-bond acceptors (Lipinski definition) is 9. The summed E-state index contributed by atoms with van der Waals surface area (Å²) in [5.74, 6) is 4.60. The van der Waals surface area contributed by atoms with Crippen LogP contribution in [0.2, 0.25) is 0 Å². The van der Waals surface area contributed by atoms with Gasteiger partial charge >= 0.3 is 6.09 Å². The van der Waals surface area contributed by atoms with Gasteiger partial charge in [-0.1, -0.05) is 6.07 Å². The van der Waals surface area contributed by atoms with Gasteiger partial charge in [0.25, 0.3) is 0 Å². The Morgan fingerprint density at radius 3 is 2.38 bits per heavy atom. The molecule has 1 unspecified atom stereocenters. The third-order valence-electron chi connectivity index (χ3n) is 9.11. The first-order valence-corrected chi connectivity index (χ1v) is 16.5. The van der Waals surface area contributed by atoms with E-state index >= 15 is 0 Å². The molecule has 0 N–H and O–H groups in total. The molecule has 0 aliphatic carbocycles. The third kappa shape index (κ3) is 5.57. The number of benzene rings is 1. The number of ether oxygens (including phenoxy) is 2. The molecule has 1 aromatic carbocycles. The highest BCUT2D eigenvalue weighted by Gasteiger charge is 2.43. The lowest BCUT2D eigenvalue weighted by atomic mass is 9.83. The van der Waals surface area contributed by atoms with Crippen molar-refractivity contribution in [3.8, 4) is 5.75 Å². The maximum atomic E-state index is 14.1. The van der Waals surface area contributed by atoms with E-state index in [-0.39, 0.29) is 11.6 Å². The van der Waals surface area contributed by atoms with Gasteiger partial charge in [0.05, 0.1) is 11.3 Å². The number of nitrogens with zero attached hydrogens (tertiary/aromatic N) is 6. The monoisotopic (exact) mass is 594 g/mol. The molecule has 2 aromatic rings. The van der Waals surface area contributed by atoms with Gasteiger partial charge in [0.2, 0.25) is 0 Å². The second kappa shape index (κ2) is 11.2. The Hall–Kier alpha value is -2.56. The molecular formula is C32H46N6O3S. The van der Waals surface area contributed by atoms with Gasteiger partial charge in [-0.2, -0.15) is 11.8 Å². The van der Waals surface area contributed by atoms with Crippen LogP contribution in [-0.4, -0.2) is 94.8 Å². The molecule has 1 aromatic heterocycles. The molecule has 9 nitrogen and oxygen atoms in total. The van der Waals surface area contributed by atoms with E-state index < -0.39 is 11.7 Å². The molecule has 0 bridgehead atoms. The molecule has 1 amide bonds. The van der Waals surface area contributed by atoms with Crippen LogP contribution in [0.25, 0.3) is 0 Å². The predicted molar refractivity (Wildman–Crippen MR) is 170 cm³/mol. The summed E-state index contributed by atoms with van der Waals surface area (Å²) in [5, 5.41) is 0. The van der Waals surface area contributed by atoms with Gasteiger partial charge in [0, 0.05) is 43.2 Å². The molecule has 42 heavy (non-hydrogen) atoms. The van der Waals surface area contributed by atoms with E-state index in [4.69, 9.17) is 19.4 Å². The van der Waals surface area contributed by atoms with Crippen LogP contribution >= 0.6 is 11.8 Å². The average Bonchev–Trinajstić information content (AvgIpc) is 3.06. The molecule has 228 valence electrons. The second-order valence-electron chi connectivity index (χ2n) is 13.7. The van der Waals surface area contributed by atoms with Crippen LogP contribution in [0.3, 0.4) is 0 Å². The number of thioether (sulfide) groups is 1. The molecule has 0 radical (unpaired) electrons. The first-order valence-electron chi connectivity index (χ1n) is 15.4. The summed E-state index contributed by atoms with van der Waals surface area (Å²) in [5.41, 5.74) is 3.43. The van der Waals surface area contributed by atoms with E-state index in [0.717, 1.165) is 80.6 Å². The van der Waals surface area contributed by atoms with Crippen molar-refractivity contribution in [2.45, 2.75) is 77.5 Å². The second-order valence-corrected chi connectivity index (χ2v) is 15.0. The highest BCUT2D eigenvalue weighted by atomic mass is 32.2. The fraction of sp³-hybridized carbons (Fsp3) is 0.656. The molecule has 3 saturated heterocycles. The Kier molecular flexibility index (Phi) is 7.85. The molecule has 0 saturated carbocycles. The first kappa shape index (κ1) is 29.5. The molecular weight excluding hydrogens is 548 g/mol. The Labute approximate surface area is 254 Å². The van der Waals surface area contributed by atoms with E-state index in [1.54, 1.807) is 11.2 Å². The van der Waals surface area contributed by atoms with E-state index in [1.807, 2.05) is 39.5 Å². The molecule has 3 fully saturated rings. The molecule has 10 heteroatoms. The number of likely N-dealkylation sites (N-methyl/N-ethyl adjacent to an activating group) is 1. The quantitative estimate of drug-likeness (QED) is 0.442. The largest absolute Gasteiger partial charge is 0.483 e. The Balaban J connectivity index is 1.39. The molecule has 1 atom stereocenters. The number of aryl methyl sites for hydroxylation is 1. The zero-order chi connectivity index (χ0) is 29.8. The number of carbonyl (C=O) groups is 1. The number of piperidine rings is 1. The average molecular weight is 595 g/mol. The number of hydrogen-bond donors (Lipinski definition) is 0. The van der Waals surface area contributed by atoms with E-state index in [0.29, 0.717) is 23.2 Å². The summed E-state index contributed by atoms with van der Waals surface area (Å²) < 4.78 is 12.7. The molecule has 4 aliphatic heterocycles. The summed E-state index contributed by atoms with van der Waals surface area (Å²) in [6.45, 7) is 18.5. The minimum Gasteiger partial charge on any atom is -0.483 e. The lowest BCUT2D eigenvalue weighted by Gasteiger charge is -2.54. The van der Waals surface area contributed by atoms with Gasteiger partial charge in [-0.15, -0.1) is 0 Å². The van der Waals surface area contributed by atoms with Gasteiger partial charge in [-0.3, -0.25) is 4.90 Å². The number of fused-ring (bicyclic) bond motifs is 2. The number of anilines is 3. The van der Waals surface area contributed by atoms with Crippen LogP contribution in [0, 0.1) is 6.92 Å². The number of amides is 1. The maximum absolute atomic E-state index is 14.1. The summed E-state index contributed by atoms with van der Waals surface area (Å²) >= 11 is 1.95. The fourth-order valence-electron chi connectivity index (χ4n) is 7.20. The van der Waals surface area contributed by atoms with Gasteiger partial charge in [-0.25, -0.2) is 19.7 Å². The molecule has 4 aliphatic rings. The van der Waals surface area contributed by atoms with Gasteiger partial charge in [0.1, 0.15) is 29.6 Å². The molecule has 5 heterocycles. The van der Waals surface area contributed by atoms with Crippen molar-refractivity contribution < 1.29 is 14.3 Å². The smallest absolute Gasteiger partial charge is 0.420 e. The van der Waals surface area contributed by atoms with Gasteiger partial charge in [0.15, 0.2) is 5.82 Å². The zero-order valence-electron chi connectivity index (χ0n) is 26.3. The van der Waals surface area contributed by atoms with Crippen LogP contribution in [0.5, 0.6) is 5.75 Å². The third-order valence-corrected chi connectivity index (χ3v) is 10.1. The number of aromatic nitrogens is 2. The highest BCUT2D eigenvalue weighted by molar-refractivity contribution is 7.99. The summed E-state index contributed by atoms with van der Waals surface area (Å²) in [7, 11) is 2.20. The number of carbonyl (C=O) groups excluding carboxylic acids is 1. The standard InChI is InChI=1S/C32H46N6O3S/c1-21-16-24(23-8-10-37(11-9-23)32(6)18-35(7)19-32)17-25-27(21)40-22(2)26-28(36-12-14-42-15-13-36)33-20-34-29(26)38(25)30(39)41-31(3,4)5/h16-17,20,22-23H,8-15,18-19H2,1-7H3. The van der Waals surface area contributed by atoms with Crippen LogP contribution < -0.4 is 14.5 Å². The summed E-state index contributed by atoms with van der Waals surface area (Å²) in [6, 6.07) is 4.43. The van der Waals surface area contributed by atoms with Gasteiger partial charge < -0.3 is 19.3 Å². The predicted octanol–water partition coefficient (Wildman–Crippen LogP) is 5.75. The molecule has 6 rings (SSSR count). The van der Waals surface area contributed by atoms with Crippen molar-refractivity contribution in [2.75, 3.05) is 67.6 Å².